The molecule has 0 bridgehead atoms. The van der Waals surface area contributed by atoms with E-state index in [4.69, 9.17) is 21.3 Å². The van der Waals surface area contributed by atoms with Gasteiger partial charge in [0.15, 0.2) is 5.96 Å². The van der Waals surface area contributed by atoms with E-state index in [2.05, 4.69) is 23.6 Å². The van der Waals surface area contributed by atoms with Gasteiger partial charge in [0, 0.05) is 56.3 Å². The van der Waals surface area contributed by atoms with E-state index in [0.29, 0.717) is 19.5 Å². The Morgan fingerprint density at radius 1 is 1.36 bits per heavy atom. The highest BCUT2D eigenvalue weighted by atomic mass is 35.5. The van der Waals surface area contributed by atoms with Crippen LogP contribution in [0.25, 0.3) is 0 Å². The molecular weight excluding hydrogens is 376 g/mol. The smallest absolute Gasteiger partial charge is 0.222 e. The SMILES string of the molecule is CCNC(=NCC1(c2ccccc2Cl)CCOCC1)NC1CCC(=O)N(C)C1. The van der Waals surface area contributed by atoms with Gasteiger partial charge in [-0.25, -0.2) is 0 Å². The van der Waals surface area contributed by atoms with E-state index < -0.39 is 0 Å². The number of aliphatic imine (C=N–C) groups is 1. The van der Waals surface area contributed by atoms with Crippen LogP contribution in [0.2, 0.25) is 5.02 Å². The molecule has 0 saturated carbocycles. The summed E-state index contributed by atoms with van der Waals surface area (Å²) in [5.41, 5.74) is 1.04. The third kappa shape index (κ3) is 4.97. The Balaban J connectivity index is 1.77. The van der Waals surface area contributed by atoms with E-state index in [0.717, 1.165) is 55.6 Å². The van der Waals surface area contributed by atoms with E-state index in [9.17, 15) is 4.79 Å². The molecule has 0 aliphatic carbocycles. The van der Waals surface area contributed by atoms with E-state index in [1.165, 1.54) is 0 Å². The number of likely N-dealkylation sites (tertiary alicyclic amines) is 1. The largest absolute Gasteiger partial charge is 0.381 e. The Hall–Kier alpha value is -1.79. The second-order valence-corrected chi connectivity index (χ2v) is 8.13. The predicted molar refractivity (Wildman–Crippen MR) is 113 cm³/mol. The number of piperidine rings is 1. The molecule has 0 radical (unpaired) electrons. The molecule has 1 atom stereocenters. The zero-order valence-corrected chi connectivity index (χ0v) is 17.6. The monoisotopic (exact) mass is 406 g/mol. The Bertz CT molecular complexity index is 703. The summed E-state index contributed by atoms with van der Waals surface area (Å²) in [6.07, 6.45) is 3.21. The molecule has 0 spiro atoms. The van der Waals surface area contributed by atoms with Gasteiger partial charge < -0.3 is 20.3 Å². The highest BCUT2D eigenvalue weighted by molar-refractivity contribution is 6.31. The number of hydrogen-bond donors (Lipinski definition) is 2. The van der Waals surface area contributed by atoms with E-state index in [1.54, 1.807) is 4.90 Å². The topological polar surface area (TPSA) is 66.0 Å². The number of likely N-dealkylation sites (N-methyl/N-ethyl adjacent to an activating group) is 1. The molecule has 6 nitrogen and oxygen atoms in total. The lowest BCUT2D eigenvalue weighted by atomic mass is 9.74. The highest BCUT2D eigenvalue weighted by Gasteiger charge is 2.36. The van der Waals surface area contributed by atoms with Gasteiger partial charge in [0.25, 0.3) is 0 Å². The minimum absolute atomic E-state index is 0.113. The first-order chi connectivity index (χ1) is 13.5. The fourth-order valence-corrected chi connectivity index (χ4v) is 4.38. The number of nitrogens with zero attached hydrogens (tertiary/aromatic N) is 2. The molecule has 28 heavy (non-hydrogen) atoms. The van der Waals surface area contributed by atoms with Gasteiger partial charge in [-0.15, -0.1) is 0 Å². The molecule has 1 aromatic carbocycles. The number of carbonyl (C=O) groups is 1. The molecule has 2 aliphatic rings. The molecule has 2 aliphatic heterocycles. The van der Waals surface area contributed by atoms with Crippen LogP contribution in [0.15, 0.2) is 29.3 Å². The quantitative estimate of drug-likeness (QED) is 0.582. The van der Waals surface area contributed by atoms with Crippen molar-refractivity contribution < 1.29 is 9.53 Å². The molecule has 2 heterocycles. The van der Waals surface area contributed by atoms with Crippen molar-refractivity contribution >= 4 is 23.5 Å². The van der Waals surface area contributed by atoms with Gasteiger partial charge in [0.2, 0.25) is 5.91 Å². The van der Waals surface area contributed by atoms with Gasteiger partial charge in [0.1, 0.15) is 0 Å². The molecule has 1 amide bonds. The van der Waals surface area contributed by atoms with Gasteiger partial charge >= 0.3 is 0 Å². The van der Waals surface area contributed by atoms with Gasteiger partial charge in [-0.2, -0.15) is 0 Å². The maximum Gasteiger partial charge on any atom is 0.222 e. The van der Waals surface area contributed by atoms with Gasteiger partial charge in [-0.05, 0) is 37.8 Å². The third-order valence-corrected chi connectivity index (χ3v) is 6.08. The van der Waals surface area contributed by atoms with Crippen molar-refractivity contribution in [2.75, 3.05) is 39.9 Å². The summed E-state index contributed by atoms with van der Waals surface area (Å²) in [7, 11) is 1.86. The van der Waals surface area contributed by atoms with Crippen LogP contribution in [0.5, 0.6) is 0 Å². The maximum atomic E-state index is 11.7. The normalized spacial score (nSPS) is 22.8. The summed E-state index contributed by atoms with van der Waals surface area (Å²) in [6, 6.07) is 8.29. The number of nitrogens with one attached hydrogen (secondary N) is 2. The number of halogens is 1. The van der Waals surface area contributed by atoms with Crippen LogP contribution < -0.4 is 10.6 Å². The number of carbonyl (C=O) groups excluding carboxylic acids is 1. The fraction of sp³-hybridized carbons (Fsp3) is 0.619. The average Bonchev–Trinajstić information content (AvgIpc) is 2.70. The number of hydrogen-bond acceptors (Lipinski definition) is 3. The number of benzene rings is 1. The summed E-state index contributed by atoms with van der Waals surface area (Å²) < 4.78 is 5.62. The molecule has 2 fully saturated rings. The molecule has 1 aromatic rings. The van der Waals surface area contributed by atoms with Gasteiger partial charge in [-0.1, -0.05) is 29.8 Å². The number of amides is 1. The van der Waals surface area contributed by atoms with E-state index >= 15 is 0 Å². The summed E-state index contributed by atoms with van der Waals surface area (Å²) in [5, 5.41) is 7.66. The van der Waals surface area contributed by atoms with Crippen molar-refractivity contribution in [2.45, 2.75) is 44.1 Å². The van der Waals surface area contributed by atoms with Crippen LogP contribution in [0, 0.1) is 0 Å². The van der Waals surface area contributed by atoms with Crippen LogP contribution in [0.1, 0.15) is 38.2 Å². The fourth-order valence-electron chi connectivity index (χ4n) is 4.04. The minimum atomic E-state index is -0.113. The molecule has 154 valence electrons. The molecule has 3 rings (SSSR count). The van der Waals surface area contributed by atoms with E-state index in [-0.39, 0.29) is 17.4 Å². The van der Waals surface area contributed by atoms with E-state index in [1.807, 2.05) is 25.2 Å². The zero-order chi connectivity index (χ0) is 20.0. The van der Waals surface area contributed by atoms with Gasteiger partial charge in [-0.3, -0.25) is 9.79 Å². The number of guanidine groups is 1. The lowest BCUT2D eigenvalue weighted by Gasteiger charge is -2.37. The zero-order valence-electron chi connectivity index (χ0n) is 16.8. The molecular formula is C21H31ClN4O2. The van der Waals surface area contributed by atoms with Crippen molar-refractivity contribution in [3.63, 3.8) is 0 Å². The second-order valence-electron chi connectivity index (χ2n) is 7.72. The van der Waals surface area contributed by atoms with Crippen LogP contribution >= 0.6 is 11.6 Å². The first-order valence-corrected chi connectivity index (χ1v) is 10.5. The summed E-state index contributed by atoms with van der Waals surface area (Å²) >= 11 is 6.55. The lowest BCUT2D eigenvalue weighted by molar-refractivity contribution is -0.132. The standard InChI is InChI=1S/C21H31ClN4O2/c1-3-23-20(25-16-8-9-19(27)26(2)14-16)24-15-21(10-12-28-13-11-21)17-6-4-5-7-18(17)22/h4-7,16H,3,8-15H2,1-2H3,(H2,23,24,25). The molecule has 0 aromatic heterocycles. The summed E-state index contributed by atoms with van der Waals surface area (Å²) in [4.78, 5) is 18.5. The van der Waals surface area contributed by atoms with Crippen LogP contribution in [-0.2, 0) is 14.9 Å². The third-order valence-electron chi connectivity index (χ3n) is 5.75. The Morgan fingerprint density at radius 2 is 2.11 bits per heavy atom. The summed E-state index contributed by atoms with van der Waals surface area (Å²) in [5.74, 6) is 1.01. The van der Waals surface area contributed by atoms with Crippen LogP contribution in [0.3, 0.4) is 0 Å². The minimum Gasteiger partial charge on any atom is -0.381 e. The maximum absolute atomic E-state index is 11.7. The molecule has 1 unspecified atom stereocenters. The molecule has 2 N–H and O–H groups in total. The van der Waals surface area contributed by atoms with Crippen LogP contribution in [-0.4, -0.2) is 62.7 Å². The number of rotatable bonds is 5. The van der Waals surface area contributed by atoms with Crippen molar-refractivity contribution in [3.8, 4) is 0 Å². The Labute approximate surface area is 172 Å². The summed E-state index contributed by atoms with van der Waals surface area (Å²) in [6.45, 7) is 5.64. The van der Waals surface area contributed by atoms with Gasteiger partial charge in [0.05, 0.1) is 6.54 Å². The van der Waals surface area contributed by atoms with Crippen molar-refractivity contribution in [1.82, 2.24) is 15.5 Å². The highest BCUT2D eigenvalue weighted by Crippen LogP contribution is 2.38. The predicted octanol–water partition coefficient (Wildman–Crippen LogP) is 2.56. The Morgan fingerprint density at radius 3 is 2.79 bits per heavy atom. The Kier molecular flexibility index (Phi) is 7.18. The van der Waals surface area contributed by atoms with Crippen molar-refractivity contribution in [3.05, 3.63) is 34.9 Å². The first kappa shape index (κ1) is 20.9. The lowest BCUT2D eigenvalue weighted by Crippen LogP contribution is -2.52. The first-order valence-electron chi connectivity index (χ1n) is 10.2. The number of ether oxygens (including phenoxy) is 1. The van der Waals surface area contributed by atoms with Crippen molar-refractivity contribution in [1.29, 1.82) is 0 Å². The molecule has 2 saturated heterocycles. The van der Waals surface area contributed by atoms with Crippen molar-refractivity contribution in [2.24, 2.45) is 4.99 Å². The second kappa shape index (κ2) is 9.61. The average molecular weight is 407 g/mol. The molecule has 7 heteroatoms. The van der Waals surface area contributed by atoms with Crippen LogP contribution in [0.4, 0.5) is 0 Å².